The number of hydrogen-bond acceptors (Lipinski definition) is 5. The summed E-state index contributed by atoms with van der Waals surface area (Å²) in [5.74, 6) is -0.00105. The Morgan fingerprint density at radius 1 is 1.09 bits per heavy atom. The molecule has 2 unspecified atom stereocenters. The van der Waals surface area contributed by atoms with E-state index in [1.807, 2.05) is 42.5 Å². The fraction of sp³-hybridized carbons (Fsp3) is 0.423. The summed E-state index contributed by atoms with van der Waals surface area (Å²) in [6.45, 7) is 0.901. The van der Waals surface area contributed by atoms with Gasteiger partial charge in [-0.25, -0.2) is 5.10 Å². The maximum Gasteiger partial charge on any atom is 0.272 e. The van der Waals surface area contributed by atoms with E-state index in [1.54, 1.807) is 13.2 Å². The fourth-order valence-electron chi connectivity index (χ4n) is 4.61. The molecule has 1 aliphatic rings. The fourth-order valence-corrected chi connectivity index (χ4v) is 4.61. The van der Waals surface area contributed by atoms with Gasteiger partial charge in [0.2, 0.25) is 5.91 Å². The minimum absolute atomic E-state index is 0. The van der Waals surface area contributed by atoms with Crippen molar-refractivity contribution in [2.24, 2.45) is 0 Å². The number of nitrogens with one attached hydrogen (secondary N) is 3. The molecule has 1 amide bonds. The van der Waals surface area contributed by atoms with Gasteiger partial charge in [-0.1, -0.05) is 43.2 Å². The molecule has 3 N–H and O–H groups in total. The highest BCUT2D eigenvalue weighted by Crippen LogP contribution is 2.26. The number of benzene rings is 2. The highest BCUT2D eigenvalue weighted by atomic mass is 35.5. The Hall–Kier alpha value is -2.74. The highest BCUT2D eigenvalue weighted by Gasteiger charge is 2.23. The van der Waals surface area contributed by atoms with Crippen LogP contribution >= 0.6 is 12.4 Å². The van der Waals surface area contributed by atoms with E-state index in [0.29, 0.717) is 29.6 Å². The van der Waals surface area contributed by atoms with Crippen LogP contribution in [-0.2, 0) is 9.53 Å². The third-order valence-electron chi connectivity index (χ3n) is 6.36. The first kappa shape index (κ1) is 25.9. The Bertz CT molecular complexity index is 1150. The van der Waals surface area contributed by atoms with Crippen molar-refractivity contribution in [3.8, 4) is 11.3 Å². The number of rotatable bonds is 9. The summed E-state index contributed by atoms with van der Waals surface area (Å²) < 4.78 is 5.59. The van der Waals surface area contributed by atoms with E-state index in [9.17, 15) is 9.59 Å². The molecule has 8 heteroatoms. The van der Waals surface area contributed by atoms with Gasteiger partial charge in [0.1, 0.15) is 0 Å². The second-order valence-electron chi connectivity index (χ2n) is 8.65. The van der Waals surface area contributed by atoms with Crippen molar-refractivity contribution in [1.82, 2.24) is 15.5 Å². The van der Waals surface area contributed by atoms with Gasteiger partial charge in [0.05, 0.1) is 17.2 Å². The van der Waals surface area contributed by atoms with E-state index < -0.39 is 0 Å². The third kappa shape index (κ3) is 6.44. The van der Waals surface area contributed by atoms with Gasteiger partial charge in [-0.3, -0.25) is 9.59 Å². The monoisotopic (exact) mass is 484 g/mol. The average Bonchev–Trinajstić information content (AvgIpc) is 2.84. The topological polar surface area (TPSA) is 96.1 Å². The Morgan fingerprint density at radius 3 is 2.71 bits per heavy atom. The number of carbonyl (C=O) groups excluding carboxylic acids is 1. The zero-order chi connectivity index (χ0) is 23.0. The number of hydrogen-bond donors (Lipinski definition) is 3. The van der Waals surface area contributed by atoms with Crippen LogP contribution in [0.4, 0.5) is 5.69 Å². The number of unbranched alkanes of at least 4 members (excludes halogenated alkanes) is 1. The summed E-state index contributed by atoms with van der Waals surface area (Å²) in [6, 6.07) is 15.4. The molecule has 2 atom stereocenters. The third-order valence-corrected chi connectivity index (χ3v) is 6.36. The summed E-state index contributed by atoms with van der Waals surface area (Å²) in [5.41, 5.74) is 2.03. The summed E-state index contributed by atoms with van der Waals surface area (Å²) in [7, 11) is 1.79. The van der Waals surface area contributed by atoms with E-state index in [0.717, 1.165) is 48.9 Å². The van der Waals surface area contributed by atoms with Gasteiger partial charge < -0.3 is 15.4 Å². The van der Waals surface area contributed by atoms with E-state index >= 15 is 0 Å². The number of carbonyl (C=O) groups is 1. The van der Waals surface area contributed by atoms with Crippen molar-refractivity contribution in [1.29, 1.82) is 0 Å². The van der Waals surface area contributed by atoms with Crippen LogP contribution in [0.3, 0.4) is 0 Å². The van der Waals surface area contributed by atoms with Crippen LogP contribution in [-0.4, -0.2) is 41.9 Å². The molecular weight excluding hydrogens is 452 g/mol. The number of nitrogens with zero attached hydrogens (tertiary/aromatic N) is 1. The summed E-state index contributed by atoms with van der Waals surface area (Å²) >= 11 is 0. The normalized spacial score (nSPS) is 17.8. The average molecular weight is 485 g/mol. The summed E-state index contributed by atoms with van der Waals surface area (Å²) in [5, 5.41) is 14.8. The molecule has 1 aromatic heterocycles. The molecule has 0 spiro atoms. The Labute approximate surface area is 206 Å². The van der Waals surface area contributed by atoms with Crippen LogP contribution in [0.2, 0.25) is 0 Å². The molecule has 0 saturated heterocycles. The van der Waals surface area contributed by atoms with Crippen molar-refractivity contribution in [3.63, 3.8) is 0 Å². The number of H-pyrrole nitrogens is 1. The van der Waals surface area contributed by atoms with Gasteiger partial charge in [-0.2, -0.15) is 5.10 Å². The molecule has 1 aliphatic carbocycles. The van der Waals surface area contributed by atoms with Gasteiger partial charge >= 0.3 is 0 Å². The predicted molar refractivity (Wildman–Crippen MR) is 139 cm³/mol. The lowest BCUT2D eigenvalue weighted by Gasteiger charge is -2.31. The number of amides is 1. The molecule has 0 bridgehead atoms. The molecular formula is C26H33ClN4O3. The minimum atomic E-state index is -0.213. The van der Waals surface area contributed by atoms with Crippen LogP contribution in [0.25, 0.3) is 22.0 Å². The molecule has 4 rings (SSSR count). The van der Waals surface area contributed by atoms with Crippen molar-refractivity contribution in [3.05, 3.63) is 58.9 Å². The van der Waals surface area contributed by atoms with Gasteiger partial charge in [-0.05, 0) is 50.4 Å². The number of fused-ring (bicyclic) bond motifs is 1. The molecule has 7 nitrogen and oxygen atoms in total. The second kappa shape index (κ2) is 12.6. The number of aromatic nitrogens is 2. The van der Waals surface area contributed by atoms with Crippen molar-refractivity contribution in [2.45, 2.75) is 57.1 Å². The SMILES string of the molecule is COC1CCCCC1NCCCCC(=O)Nc1cccc(-c2n[nH]c(=O)c3ccccc23)c1.Cl. The highest BCUT2D eigenvalue weighted by molar-refractivity contribution is 5.95. The number of aromatic amines is 1. The Balaban J connectivity index is 0.00000324. The minimum Gasteiger partial charge on any atom is -0.380 e. The quantitative estimate of drug-likeness (QED) is 0.383. The summed E-state index contributed by atoms with van der Waals surface area (Å²) in [6.07, 6.45) is 7.35. The number of anilines is 1. The van der Waals surface area contributed by atoms with Crippen molar-refractivity contribution in [2.75, 3.05) is 19.0 Å². The zero-order valence-electron chi connectivity index (χ0n) is 19.5. The standard InChI is InChI=1S/C26H32N4O3.ClH/c1-33-23-14-5-4-13-22(23)27-16-7-6-15-24(31)28-19-10-8-9-18(17-19)25-20-11-2-3-12-21(20)26(32)30-29-25;/h2-3,8-12,17,22-23,27H,4-7,13-16H2,1H3,(H,28,31)(H,30,32);1H. The van der Waals surface area contributed by atoms with Crippen LogP contribution in [0.1, 0.15) is 44.9 Å². The second-order valence-corrected chi connectivity index (χ2v) is 8.65. The molecule has 3 aromatic rings. The molecule has 2 aromatic carbocycles. The zero-order valence-corrected chi connectivity index (χ0v) is 20.3. The van der Waals surface area contributed by atoms with E-state index in [-0.39, 0.29) is 23.9 Å². The Morgan fingerprint density at radius 2 is 1.88 bits per heavy atom. The molecule has 1 saturated carbocycles. The molecule has 0 aliphatic heterocycles. The van der Waals surface area contributed by atoms with Crippen LogP contribution in [0, 0.1) is 0 Å². The van der Waals surface area contributed by atoms with Gasteiger partial charge in [0.15, 0.2) is 0 Å². The van der Waals surface area contributed by atoms with Gasteiger partial charge in [-0.15, -0.1) is 12.4 Å². The van der Waals surface area contributed by atoms with E-state index in [4.69, 9.17) is 4.74 Å². The van der Waals surface area contributed by atoms with Gasteiger partial charge in [0.25, 0.3) is 5.56 Å². The van der Waals surface area contributed by atoms with Gasteiger partial charge in [0, 0.05) is 36.2 Å². The first-order chi connectivity index (χ1) is 16.2. The smallest absolute Gasteiger partial charge is 0.272 e. The van der Waals surface area contributed by atoms with Crippen LogP contribution < -0.4 is 16.2 Å². The maximum absolute atomic E-state index is 12.5. The molecule has 0 radical (unpaired) electrons. The van der Waals surface area contributed by atoms with Crippen LogP contribution in [0.15, 0.2) is 53.3 Å². The first-order valence-electron chi connectivity index (χ1n) is 11.8. The lowest BCUT2D eigenvalue weighted by molar-refractivity contribution is -0.116. The van der Waals surface area contributed by atoms with Crippen molar-refractivity contribution >= 4 is 34.8 Å². The van der Waals surface area contributed by atoms with Crippen molar-refractivity contribution < 1.29 is 9.53 Å². The van der Waals surface area contributed by atoms with E-state index in [1.165, 1.54) is 12.8 Å². The lowest BCUT2D eigenvalue weighted by Crippen LogP contribution is -2.43. The molecule has 182 valence electrons. The molecule has 34 heavy (non-hydrogen) atoms. The molecule has 1 fully saturated rings. The number of ether oxygens (including phenoxy) is 1. The number of halogens is 1. The number of methoxy groups -OCH3 is 1. The lowest BCUT2D eigenvalue weighted by atomic mass is 9.92. The van der Waals surface area contributed by atoms with E-state index in [2.05, 4.69) is 20.8 Å². The predicted octanol–water partition coefficient (Wildman–Crippen LogP) is 4.67. The molecule has 1 heterocycles. The Kier molecular flexibility index (Phi) is 9.62. The van der Waals surface area contributed by atoms with Crippen LogP contribution in [0.5, 0.6) is 0 Å². The largest absolute Gasteiger partial charge is 0.380 e. The maximum atomic E-state index is 12.5. The summed E-state index contributed by atoms with van der Waals surface area (Å²) in [4.78, 5) is 24.5. The first-order valence-corrected chi connectivity index (χ1v) is 11.8.